The quantitative estimate of drug-likeness (QED) is 0.842. The van der Waals surface area contributed by atoms with Crippen LogP contribution in [-0.2, 0) is 10.9 Å². The van der Waals surface area contributed by atoms with Crippen LogP contribution < -0.4 is 5.32 Å². The highest BCUT2D eigenvalue weighted by Crippen LogP contribution is 2.29. The van der Waals surface area contributed by atoms with Gasteiger partial charge in [0.15, 0.2) is 5.13 Å². The second-order valence-electron chi connectivity index (χ2n) is 4.68. The zero-order chi connectivity index (χ0) is 17.9. The number of nitrogens with zero attached hydrogens (tertiary/aromatic N) is 1. The molecule has 5 nitrogen and oxygen atoms in total. The lowest BCUT2D eigenvalue weighted by Gasteiger charge is -2.07. The molecule has 1 aromatic carbocycles. The summed E-state index contributed by atoms with van der Waals surface area (Å²) in [6.45, 7) is 3.47. The van der Waals surface area contributed by atoms with Gasteiger partial charge in [-0.1, -0.05) is 11.3 Å². The molecule has 1 amide bonds. The molecule has 0 aliphatic carbocycles. The molecule has 1 N–H and O–H groups in total. The van der Waals surface area contributed by atoms with Crippen LogP contribution in [-0.4, -0.2) is 23.5 Å². The minimum atomic E-state index is -4.46. The maximum absolute atomic E-state index is 12.5. The fourth-order valence-electron chi connectivity index (χ4n) is 1.82. The Bertz CT molecular complexity index is 754. The van der Waals surface area contributed by atoms with Gasteiger partial charge in [0.1, 0.15) is 4.88 Å². The maximum Gasteiger partial charge on any atom is 0.416 e. The number of amides is 1. The minimum absolute atomic E-state index is 0.0496. The third kappa shape index (κ3) is 4.10. The van der Waals surface area contributed by atoms with Crippen LogP contribution in [0.15, 0.2) is 24.3 Å². The largest absolute Gasteiger partial charge is 0.462 e. The summed E-state index contributed by atoms with van der Waals surface area (Å²) in [4.78, 5) is 28.0. The molecule has 0 bridgehead atoms. The number of ether oxygens (including phenoxy) is 1. The second-order valence-corrected chi connectivity index (χ2v) is 5.68. The van der Waals surface area contributed by atoms with Gasteiger partial charge in [0.25, 0.3) is 5.91 Å². The first-order valence-corrected chi connectivity index (χ1v) is 7.67. The Labute approximate surface area is 139 Å². The van der Waals surface area contributed by atoms with Crippen molar-refractivity contribution >= 4 is 28.3 Å². The number of aryl methyl sites for hydroxylation is 1. The minimum Gasteiger partial charge on any atom is -0.462 e. The Morgan fingerprint density at radius 1 is 1.25 bits per heavy atom. The highest BCUT2D eigenvalue weighted by molar-refractivity contribution is 7.17. The van der Waals surface area contributed by atoms with Crippen molar-refractivity contribution in [2.75, 3.05) is 11.9 Å². The summed E-state index contributed by atoms with van der Waals surface area (Å²) in [6, 6.07) is 3.80. The van der Waals surface area contributed by atoms with Gasteiger partial charge in [-0.2, -0.15) is 13.2 Å². The molecule has 0 spiro atoms. The number of anilines is 1. The first kappa shape index (κ1) is 17.9. The van der Waals surface area contributed by atoms with Crippen molar-refractivity contribution in [3.8, 4) is 0 Å². The molecule has 0 saturated carbocycles. The standard InChI is InChI=1S/C15H13F3N2O3S/c1-3-23-13(22)11-8(2)19-14(24-11)20-12(21)9-4-6-10(7-5-9)15(16,17)18/h4-7H,3H2,1-2H3,(H,19,20,21). The predicted molar refractivity (Wildman–Crippen MR) is 82.2 cm³/mol. The first-order valence-electron chi connectivity index (χ1n) is 6.85. The fraction of sp³-hybridized carbons (Fsp3) is 0.267. The van der Waals surface area contributed by atoms with Crippen molar-refractivity contribution in [2.24, 2.45) is 0 Å². The monoisotopic (exact) mass is 358 g/mol. The van der Waals surface area contributed by atoms with Crippen LogP contribution in [0.5, 0.6) is 0 Å². The van der Waals surface area contributed by atoms with Gasteiger partial charge in [-0.3, -0.25) is 10.1 Å². The number of halogens is 3. The normalized spacial score (nSPS) is 11.2. The van der Waals surface area contributed by atoms with E-state index in [2.05, 4.69) is 10.3 Å². The highest BCUT2D eigenvalue weighted by Gasteiger charge is 2.30. The molecular formula is C15H13F3N2O3S. The number of rotatable bonds is 4. The zero-order valence-corrected chi connectivity index (χ0v) is 13.5. The molecule has 0 unspecified atom stereocenters. The van der Waals surface area contributed by atoms with E-state index in [9.17, 15) is 22.8 Å². The summed E-state index contributed by atoms with van der Waals surface area (Å²) in [7, 11) is 0. The number of hydrogen-bond acceptors (Lipinski definition) is 5. The topological polar surface area (TPSA) is 68.3 Å². The Morgan fingerprint density at radius 3 is 2.42 bits per heavy atom. The summed E-state index contributed by atoms with van der Waals surface area (Å²) in [5.41, 5.74) is -0.386. The van der Waals surface area contributed by atoms with E-state index >= 15 is 0 Å². The summed E-state index contributed by atoms with van der Waals surface area (Å²) >= 11 is 0.940. The van der Waals surface area contributed by atoms with Gasteiger partial charge in [0.05, 0.1) is 17.9 Å². The van der Waals surface area contributed by atoms with Crippen molar-refractivity contribution in [1.82, 2.24) is 4.98 Å². The SMILES string of the molecule is CCOC(=O)c1sc(NC(=O)c2ccc(C(F)(F)F)cc2)nc1C. The lowest BCUT2D eigenvalue weighted by Crippen LogP contribution is -2.12. The predicted octanol–water partition coefficient (Wildman–Crippen LogP) is 3.90. The first-order chi connectivity index (χ1) is 11.2. The van der Waals surface area contributed by atoms with Crippen molar-refractivity contribution in [2.45, 2.75) is 20.0 Å². The molecule has 0 radical (unpaired) electrons. The summed E-state index contributed by atoms with van der Waals surface area (Å²) in [6.07, 6.45) is -4.46. The Balaban J connectivity index is 2.12. The molecule has 128 valence electrons. The van der Waals surface area contributed by atoms with E-state index < -0.39 is 23.6 Å². The van der Waals surface area contributed by atoms with E-state index in [4.69, 9.17) is 4.74 Å². The number of benzene rings is 1. The molecular weight excluding hydrogens is 345 g/mol. The summed E-state index contributed by atoms with van der Waals surface area (Å²) in [5.74, 6) is -1.16. The Morgan fingerprint density at radius 2 is 1.88 bits per heavy atom. The third-order valence-corrected chi connectivity index (χ3v) is 4.01. The van der Waals surface area contributed by atoms with Crippen molar-refractivity contribution in [3.05, 3.63) is 46.0 Å². The average Bonchev–Trinajstić information content (AvgIpc) is 2.87. The van der Waals surface area contributed by atoms with E-state index in [1.807, 2.05) is 0 Å². The Hall–Kier alpha value is -2.42. The number of alkyl halides is 3. The molecule has 1 aromatic heterocycles. The van der Waals surface area contributed by atoms with Crippen molar-refractivity contribution in [3.63, 3.8) is 0 Å². The van der Waals surface area contributed by atoms with Gasteiger partial charge in [0, 0.05) is 5.56 Å². The summed E-state index contributed by atoms with van der Waals surface area (Å²) in [5, 5.41) is 2.62. The van der Waals surface area contributed by atoms with Crippen molar-refractivity contribution < 1.29 is 27.5 Å². The third-order valence-electron chi connectivity index (χ3n) is 2.95. The molecule has 0 aliphatic heterocycles. The molecule has 0 fully saturated rings. The Kier molecular flexibility index (Phi) is 5.23. The van der Waals surface area contributed by atoms with Crippen molar-refractivity contribution in [1.29, 1.82) is 0 Å². The lowest BCUT2D eigenvalue weighted by atomic mass is 10.1. The van der Waals surface area contributed by atoms with Gasteiger partial charge < -0.3 is 4.74 Å². The van der Waals surface area contributed by atoms with Crippen LogP contribution >= 0.6 is 11.3 Å². The molecule has 2 rings (SSSR count). The number of nitrogens with one attached hydrogen (secondary N) is 1. The van der Waals surface area contributed by atoms with E-state index in [1.165, 1.54) is 0 Å². The molecule has 0 atom stereocenters. The van der Waals surface area contributed by atoms with Gasteiger partial charge in [-0.25, -0.2) is 9.78 Å². The number of hydrogen-bond donors (Lipinski definition) is 1. The molecule has 2 aromatic rings. The summed E-state index contributed by atoms with van der Waals surface area (Å²) < 4.78 is 42.4. The number of esters is 1. The van der Waals surface area contributed by atoms with E-state index in [-0.39, 0.29) is 22.2 Å². The number of aromatic nitrogens is 1. The number of carbonyl (C=O) groups is 2. The molecule has 0 saturated heterocycles. The average molecular weight is 358 g/mol. The van der Waals surface area contributed by atoms with E-state index in [1.54, 1.807) is 13.8 Å². The van der Waals surface area contributed by atoms with Crippen LogP contribution in [0.4, 0.5) is 18.3 Å². The second kappa shape index (κ2) is 7.00. The van der Waals surface area contributed by atoms with Gasteiger partial charge in [-0.15, -0.1) is 0 Å². The molecule has 1 heterocycles. The number of thiazole rings is 1. The zero-order valence-electron chi connectivity index (χ0n) is 12.7. The van der Waals surface area contributed by atoms with Crippen LogP contribution in [0.1, 0.15) is 38.2 Å². The van der Waals surface area contributed by atoms with Crippen LogP contribution in [0.25, 0.3) is 0 Å². The smallest absolute Gasteiger partial charge is 0.416 e. The van der Waals surface area contributed by atoms with Gasteiger partial charge >= 0.3 is 12.1 Å². The molecule has 9 heteroatoms. The van der Waals surface area contributed by atoms with E-state index in [0.717, 1.165) is 35.6 Å². The van der Waals surface area contributed by atoms with Crippen LogP contribution in [0, 0.1) is 6.92 Å². The highest BCUT2D eigenvalue weighted by atomic mass is 32.1. The van der Waals surface area contributed by atoms with Crippen LogP contribution in [0.3, 0.4) is 0 Å². The number of carbonyl (C=O) groups excluding carboxylic acids is 2. The van der Waals surface area contributed by atoms with Gasteiger partial charge in [0.2, 0.25) is 0 Å². The van der Waals surface area contributed by atoms with Gasteiger partial charge in [-0.05, 0) is 38.1 Å². The molecule has 0 aliphatic rings. The fourth-order valence-corrected chi connectivity index (χ4v) is 2.67. The maximum atomic E-state index is 12.5. The van der Waals surface area contributed by atoms with E-state index in [0.29, 0.717) is 5.69 Å². The lowest BCUT2D eigenvalue weighted by molar-refractivity contribution is -0.137. The van der Waals surface area contributed by atoms with Crippen LogP contribution in [0.2, 0.25) is 0 Å². The molecule has 24 heavy (non-hydrogen) atoms.